The maximum absolute atomic E-state index is 12.0. The monoisotopic (exact) mass is 222 g/mol. The number of aromatic nitrogens is 2. The molecule has 0 aliphatic heterocycles. The van der Waals surface area contributed by atoms with Crippen molar-refractivity contribution >= 4 is 5.78 Å². The van der Waals surface area contributed by atoms with Gasteiger partial charge in [0.1, 0.15) is 0 Å². The van der Waals surface area contributed by atoms with E-state index in [0.29, 0.717) is 12.0 Å². The molecular formula is C12H18N2O2. The summed E-state index contributed by atoms with van der Waals surface area (Å²) in [7, 11) is 1.70. The van der Waals surface area contributed by atoms with Crippen LogP contribution in [-0.2, 0) is 11.3 Å². The lowest BCUT2D eigenvalue weighted by Gasteiger charge is -2.39. The zero-order chi connectivity index (χ0) is 11.6. The zero-order valence-corrected chi connectivity index (χ0v) is 9.90. The first-order valence-corrected chi connectivity index (χ1v) is 5.80. The summed E-state index contributed by atoms with van der Waals surface area (Å²) in [4.78, 5) is 12.0. The SMILES string of the molecule is CCn1cc(C(=O)CC2(OC)CCC2)cn1. The second-order valence-corrected chi connectivity index (χ2v) is 4.43. The van der Waals surface area contributed by atoms with Gasteiger partial charge in [-0.2, -0.15) is 5.10 Å². The summed E-state index contributed by atoms with van der Waals surface area (Å²) in [5.74, 6) is 0.140. The number of nitrogens with zero attached hydrogens (tertiary/aromatic N) is 2. The van der Waals surface area contributed by atoms with Crippen molar-refractivity contribution in [3.8, 4) is 0 Å². The van der Waals surface area contributed by atoms with Crippen molar-refractivity contribution in [2.75, 3.05) is 7.11 Å². The summed E-state index contributed by atoms with van der Waals surface area (Å²) >= 11 is 0. The largest absolute Gasteiger partial charge is 0.378 e. The van der Waals surface area contributed by atoms with Gasteiger partial charge in [-0.25, -0.2) is 0 Å². The molecule has 1 fully saturated rings. The molecule has 16 heavy (non-hydrogen) atoms. The van der Waals surface area contributed by atoms with Crippen molar-refractivity contribution in [3.63, 3.8) is 0 Å². The minimum Gasteiger partial charge on any atom is -0.378 e. The van der Waals surface area contributed by atoms with Gasteiger partial charge in [-0.15, -0.1) is 0 Å². The molecule has 1 heterocycles. The van der Waals surface area contributed by atoms with Crippen LogP contribution in [0.1, 0.15) is 43.0 Å². The van der Waals surface area contributed by atoms with Gasteiger partial charge in [0, 0.05) is 26.3 Å². The molecule has 88 valence electrons. The maximum Gasteiger partial charge on any atom is 0.168 e. The van der Waals surface area contributed by atoms with Crippen molar-refractivity contribution in [1.82, 2.24) is 9.78 Å². The average Bonchev–Trinajstić information content (AvgIpc) is 2.71. The fourth-order valence-electron chi connectivity index (χ4n) is 2.10. The summed E-state index contributed by atoms with van der Waals surface area (Å²) < 4.78 is 7.22. The smallest absolute Gasteiger partial charge is 0.168 e. The predicted molar refractivity (Wildman–Crippen MR) is 60.4 cm³/mol. The Hall–Kier alpha value is -1.16. The molecule has 0 radical (unpaired) electrons. The molecule has 0 unspecified atom stereocenters. The number of Topliss-reactive ketones (excluding diaryl/α,β-unsaturated/α-hetero) is 1. The van der Waals surface area contributed by atoms with Crippen LogP contribution in [0.5, 0.6) is 0 Å². The summed E-state index contributed by atoms with van der Waals surface area (Å²) in [5, 5.41) is 4.11. The lowest BCUT2D eigenvalue weighted by Crippen LogP contribution is -2.41. The Balaban J connectivity index is 2.02. The molecule has 4 nitrogen and oxygen atoms in total. The van der Waals surface area contributed by atoms with Gasteiger partial charge < -0.3 is 4.74 Å². The minimum atomic E-state index is -0.189. The quantitative estimate of drug-likeness (QED) is 0.716. The van der Waals surface area contributed by atoms with Crippen LogP contribution >= 0.6 is 0 Å². The molecule has 4 heteroatoms. The van der Waals surface area contributed by atoms with Crippen LogP contribution in [0.3, 0.4) is 0 Å². The maximum atomic E-state index is 12.0. The first-order chi connectivity index (χ1) is 7.69. The van der Waals surface area contributed by atoms with E-state index in [4.69, 9.17) is 4.74 Å². The van der Waals surface area contributed by atoms with E-state index in [-0.39, 0.29) is 11.4 Å². The average molecular weight is 222 g/mol. The first-order valence-electron chi connectivity index (χ1n) is 5.80. The van der Waals surface area contributed by atoms with Gasteiger partial charge >= 0.3 is 0 Å². The Morgan fingerprint density at radius 1 is 1.62 bits per heavy atom. The highest BCUT2D eigenvalue weighted by Crippen LogP contribution is 2.38. The Bertz CT molecular complexity index is 375. The van der Waals surface area contributed by atoms with Crippen LogP contribution in [0.15, 0.2) is 12.4 Å². The van der Waals surface area contributed by atoms with E-state index in [1.54, 1.807) is 18.0 Å². The van der Waals surface area contributed by atoms with Crippen LogP contribution < -0.4 is 0 Å². The molecule has 1 aliphatic carbocycles. The predicted octanol–water partition coefficient (Wildman–Crippen LogP) is 2.04. The number of carbonyl (C=O) groups is 1. The number of aryl methyl sites for hydroxylation is 1. The Labute approximate surface area is 95.6 Å². The van der Waals surface area contributed by atoms with Crippen LogP contribution in [0.4, 0.5) is 0 Å². The third-order valence-electron chi connectivity index (χ3n) is 3.46. The lowest BCUT2D eigenvalue weighted by atomic mass is 9.76. The Morgan fingerprint density at radius 2 is 2.38 bits per heavy atom. The first kappa shape index (κ1) is 11.3. The number of ketones is 1. The summed E-state index contributed by atoms with van der Waals surface area (Å²) in [6.45, 7) is 2.80. The van der Waals surface area contributed by atoms with Crippen molar-refractivity contribution in [1.29, 1.82) is 0 Å². The molecule has 0 aromatic carbocycles. The summed E-state index contributed by atoms with van der Waals surface area (Å²) in [6, 6.07) is 0. The molecule has 0 N–H and O–H groups in total. The zero-order valence-electron chi connectivity index (χ0n) is 9.90. The van der Waals surface area contributed by atoms with E-state index in [1.807, 2.05) is 13.1 Å². The highest BCUT2D eigenvalue weighted by atomic mass is 16.5. The molecular weight excluding hydrogens is 204 g/mol. The van der Waals surface area contributed by atoms with E-state index in [0.717, 1.165) is 25.8 Å². The van der Waals surface area contributed by atoms with Gasteiger partial charge in [-0.1, -0.05) is 0 Å². The normalized spacial score (nSPS) is 18.1. The fourth-order valence-corrected chi connectivity index (χ4v) is 2.10. The van der Waals surface area contributed by atoms with Gasteiger partial charge in [0.15, 0.2) is 5.78 Å². The summed E-state index contributed by atoms with van der Waals surface area (Å²) in [6.07, 6.45) is 7.10. The molecule has 2 rings (SSSR count). The summed E-state index contributed by atoms with van der Waals surface area (Å²) in [5.41, 5.74) is 0.510. The number of hydrogen-bond donors (Lipinski definition) is 0. The molecule has 1 saturated carbocycles. The molecule has 0 atom stereocenters. The Morgan fingerprint density at radius 3 is 2.81 bits per heavy atom. The highest BCUT2D eigenvalue weighted by Gasteiger charge is 2.39. The molecule has 0 spiro atoms. The molecule has 0 saturated heterocycles. The van der Waals surface area contributed by atoms with E-state index in [2.05, 4.69) is 5.10 Å². The van der Waals surface area contributed by atoms with E-state index < -0.39 is 0 Å². The lowest BCUT2D eigenvalue weighted by molar-refractivity contribution is -0.0704. The van der Waals surface area contributed by atoms with E-state index in [1.165, 1.54) is 0 Å². The number of methoxy groups -OCH3 is 1. The standard InChI is InChI=1S/C12H18N2O2/c1-3-14-9-10(8-13-14)11(15)7-12(16-2)5-4-6-12/h8-9H,3-7H2,1-2H3. The molecule has 0 bridgehead atoms. The number of ether oxygens (including phenoxy) is 1. The third-order valence-corrected chi connectivity index (χ3v) is 3.46. The topological polar surface area (TPSA) is 44.1 Å². The number of rotatable bonds is 5. The van der Waals surface area contributed by atoms with E-state index in [9.17, 15) is 4.79 Å². The van der Waals surface area contributed by atoms with Crippen molar-refractivity contribution in [2.24, 2.45) is 0 Å². The fraction of sp³-hybridized carbons (Fsp3) is 0.667. The third kappa shape index (κ3) is 2.02. The van der Waals surface area contributed by atoms with Gasteiger partial charge in [0.2, 0.25) is 0 Å². The Kier molecular flexibility index (Phi) is 3.10. The van der Waals surface area contributed by atoms with Crippen molar-refractivity contribution in [3.05, 3.63) is 18.0 Å². The molecule has 0 amide bonds. The van der Waals surface area contributed by atoms with Crippen LogP contribution in [0.2, 0.25) is 0 Å². The van der Waals surface area contributed by atoms with Gasteiger partial charge in [-0.05, 0) is 26.2 Å². The van der Waals surface area contributed by atoms with Crippen LogP contribution in [0, 0.1) is 0 Å². The minimum absolute atomic E-state index is 0.140. The van der Waals surface area contributed by atoms with Crippen LogP contribution in [0.25, 0.3) is 0 Å². The second-order valence-electron chi connectivity index (χ2n) is 4.43. The van der Waals surface area contributed by atoms with E-state index >= 15 is 0 Å². The van der Waals surface area contributed by atoms with Crippen molar-refractivity contribution < 1.29 is 9.53 Å². The second kappa shape index (κ2) is 4.37. The highest BCUT2D eigenvalue weighted by molar-refractivity contribution is 5.96. The van der Waals surface area contributed by atoms with Crippen LogP contribution in [-0.4, -0.2) is 28.3 Å². The molecule has 1 aliphatic rings. The van der Waals surface area contributed by atoms with Gasteiger partial charge in [0.25, 0.3) is 0 Å². The van der Waals surface area contributed by atoms with Gasteiger partial charge in [0.05, 0.1) is 17.4 Å². The number of carbonyl (C=O) groups excluding carboxylic acids is 1. The molecule has 1 aromatic heterocycles. The molecule has 1 aromatic rings. The van der Waals surface area contributed by atoms with Gasteiger partial charge in [-0.3, -0.25) is 9.48 Å². The number of hydrogen-bond acceptors (Lipinski definition) is 3. The van der Waals surface area contributed by atoms with Crippen molar-refractivity contribution in [2.45, 2.75) is 44.8 Å².